The summed E-state index contributed by atoms with van der Waals surface area (Å²) in [6, 6.07) is 2.67. The van der Waals surface area contributed by atoms with Crippen LogP contribution in [0.4, 0.5) is 0 Å². The Labute approximate surface area is 110 Å². The van der Waals surface area contributed by atoms with Crippen molar-refractivity contribution in [2.75, 3.05) is 6.54 Å². The smallest absolute Gasteiger partial charge is 0.274 e. The first-order chi connectivity index (χ1) is 8.41. The summed E-state index contributed by atoms with van der Waals surface area (Å²) in [5.74, 6) is -0.252. The number of hydrogen-bond acceptors (Lipinski definition) is 4. The zero-order valence-electron chi connectivity index (χ0n) is 10.3. The monoisotopic (exact) mass is 268 g/mol. The number of aromatic nitrogens is 2. The van der Waals surface area contributed by atoms with Gasteiger partial charge in [0.15, 0.2) is 0 Å². The van der Waals surface area contributed by atoms with Gasteiger partial charge in [0, 0.05) is 25.1 Å². The second kappa shape index (κ2) is 6.25. The van der Waals surface area contributed by atoms with Crippen LogP contribution in [0.15, 0.2) is 16.9 Å². The molecule has 0 spiro atoms. The molecule has 1 rings (SSSR count). The van der Waals surface area contributed by atoms with E-state index in [0.717, 1.165) is 0 Å². The van der Waals surface area contributed by atoms with Crippen LogP contribution in [-0.4, -0.2) is 38.6 Å². The van der Waals surface area contributed by atoms with Gasteiger partial charge >= 0.3 is 0 Å². The Morgan fingerprint density at radius 3 is 2.67 bits per heavy atom. The minimum absolute atomic E-state index is 0.000535. The highest BCUT2D eigenvalue weighted by molar-refractivity contribution is 7.80. The first kappa shape index (κ1) is 14.3. The molecule has 7 heteroatoms. The third-order valence-electron chi connectivity index (χ3n) is 2.38. The molecule has 0 radical (unpaired) electrons. The molecule has 0 fully saturated rings. The first-order valence-corrected chi connectivity index (χ1v) is 5.97. The number of hydrogen-bond donors (Lipinski definition) is 2. The summed E-state index contributed by atoms with van der Waals surface area (Å²) >= 11 is 4.80. The molecule has 18 heavy (non-hydrogen) atoms. The molecule has 1 amide bonds. The lowest BCUT2D eigenvalue weighted by Gasteiger charge is -2.26. The number of nitrogens with two attached hydrogens (primary N) is 1. The predicted molar refractivity (Wildman–Crippen MR) is 72.4 cm³/mol. The standard InChI is InChI=1S/C11H16N4O2S/c1-7(2)15(6-5-9(12)18)11(17)8-3-4-10(16)14-13-8/h3-4,7H,5-6H2,1-2H3,(H2,12,18)(H,14,16). The van der Waals surface area contributed by atoms with Crippen LogP contribution in [0.3, 0.4) is 0 Å². The number of amides is 1. The molecule has 1 heterocycles. The van der Waals surface area contributed by atoms with Crippen molar-refractivity contribution in [1.82, 2.24) is 15.1 Å². The largest absolute Gasteiger partial charge is 0.393 e. The molecular formula is C11H16N4O2S. The maximum atomic E-state index is 12.2. The molecule has 98 valence electrons. The molecule has 1 aromatic rings. The predicted octanol–water partition coefficient (Wildman–Crippen LogP) is 0.297. The van der Waals surface area contributed by atoms with Gasteiger partial charge in [-0.2, -0.15) is 5.10 Å². The Balaban J connectivity index is 2.85. The number of nitrogens with one attached hydrogen (secondary N) is 1. The van der Waals surface area contributed by atoms with Crippen molar-refractivity contribution in [3.05, 3.63) is 28.2 Å². The number of carbonyl (C=O) groups is 1. The highest BCUT2D eigenvalue weighted by Gasteiger charge is 2.19. The van der Waals surface area contributed by atoms with E-state index in [1.165, 1.54) is 12.1 Å². The van der Waals surface area contributed by atoms with Gasteiger partial charge in [0.25, 0.3) is 11.5 Å². The van der Waals surface area contributed by atoms with Crippen LogP contribution in [-0.2, 0) is 0 Å². The number of carbonyl (C=O) groups excluding carboxylic acids is 1. The topological polar surface area (TPSA) is 92.1 Å². The number of aromatic amines is 1. The van der Waals surface area contributed by atoms with E-state index in [0.29, 0.717) is 18.0 Å². The zero-order valence-corrected chi connectivity index (χ0v) is 11.2. The zero-order chi connectivity index (χ0) is 13.7. The fraction of sp³-hybridized carbons (Fsp3) is 0.455. The van der Waals surface area contributed by atoms with Crippen molar-refractivity contribution >= 4 is 23.1 Å². The molecule has 0 aromatic carbocycles. The van der Waals surface area contributed by atoms with Crippen LogP contribution in [0.2, 0.25) is 0 Å². The molecule has 1 aromatic heterocycles. The summed E-state index contributed by atoms with van der Waals surface area (Å²) in [7, 11) is 0. The SMILES string of the molecule is CC(C)N(CCC(N)=S)C(=O)c1ccc(=O)[nH]n1. The molecule has 0 saturated carbocycles. The maximum Gasteiger partial charge on any atom is 0.274 e. The van der Waals surface area contributed by atoms with Crippen LogP contribution < -0.4 is 11.3 Å². The summed E-state index contributed by atoms with van der Waals surface area (Å²) in [4.78, 5) is 25.0. The van der Waals surface area contributed by atoms with Gasteiger partial charge in [0.05, 0.1) is 4.99 Å². The molecule has 0 unspecified atom stereocenters. The maximum absolute atomic E-state index is 12.2. The van der Waals surface area contributed by atoms with Crippen LogP contribution in [0.5, 0.6) is 0 Å². The van der Waals surface area contributed by atoms with Crippen LogP contribution in [0, 0.1) is 0 Å². The number of H-pyrrole nitrogens is 1. The van der Waals surface area contributed by atoms with Crippen LogP contribution in [0.1, 0.15) is 30.8 Å². The molecule has 0 aliphatic rings. The summed E-state index contributed by atoms with van der Waals surface area (Å²) in [6.45, 7) is 4.22. The van der Waals surface area contributed by atoms with Crippen LogP contribution in [0.25, 0.3) is 0 Å². The first-order valence-electron chi connectivity index (χ1n) is 5.57. The van der Waals surface area contributed by atoms with E-state index in [4.69, 9.17) is 18.0 Å². The average Bonchev–Trinajstić information content (AvgIpc) is 2.29. The van der Waals surface area contributed by atoms with Gasteiger partial charge in [-0.1, -0.05) is 12.2 Å². The summed E-state index contributed by atoms with van der Waals surface area (Å²) in [5, 5.41) is 5.95. The fourth-order valence-corrected chi connectivity index (χ4v) is 1.53. The molecule has 3 N–H and O–H groups in total. The van der Waals surface area contributed by atoms with Crippen molar-refractivity contribution in [1.29, 1.82) is 0 Å². The lowest BCUT2D eigenvalue weighted by molar-refractivity contribution is 0.0704. The van der Waals surface area contributed by atoms with E-state index in [9.17, 15) is 9.59 Å². The van der Waals surface area contributed by atoms with Gasteiger partial charge in [-0.3, -0.25) is 9.59 Å². The Morgan fingerprint density at radius 2 is 2.22 bits per heavy atom. The fourth-order valence-electron chi connectivity index (χ4n) is 1.44. The summed E-state index contributed by atoms with van der Waals surface area (Å²) in [5.41, 5.74) is 5.29. The minimum atomic E-state index is -0.342. The molecule has 0 bridgehead atoms. The second-order valence-electron chi connectivity index (χ2n) is 4.12. The van der Waals surface area contributed by atoms with Crippen molar-refractivity contribution < 1.29 is 4.79 Å². The van der Waals surface area contributed by atoms with E-state index in [-0.39, 0.29) is 23.2 Å². The molecular weight excluding hydrogens is 252 g/mol. The quantitative estimate of drug-likeness (QED) is 0.749. The van der Waals surface area contributed by atoms with Gasteiger partial charge in [-0.05, 0) is 19.9 Å². The number of rotatable bonds is 5. The Bertz CT molecular complexity index is 478. The molecule has 0 saturated heterocycles. The highest BCUT2D eigenvalue weighted by atomic mass is 32.1. The Morgan fingerprint density at radius 1 is 1.56 bits per heavy atom. The highest BCUT2D eigenvalue weighted by Crippen LogP contribution is 2.06. The molecule has 0 aliphatic heterocycles. The third-order valence-corrected chi connectivity index (χ3v) is 2.59. The average molecular weight is 268 g/mol. The van der Waals surface area contributed by atoms with E-state index in [1.54, 1.807) is 4.90 Å². The van der Waals surface area contributed by atoms with E-state index in [1.807, 2.05) is 13.8 Å². The van der Waals surface area contributed by atoms with Gasteiger partial charge < -0.3 is 10.6 Å². The summed E-state index contributed by atoms with van der Waals surface area (Å²) in [6.07, 6.45) is 0.461. The van der Waals surface area contributed by atoms with Crippen molar-refractivity contribution in [2.45, 2.75) is 26.3 Å². The normalized spacial score (nSPS) is 10.4. The third kappa shape index (κ3) is 3.92. The van der Waals surface area contributed by atoms with E-state index >= 15 is 0 Å². The number of thiocarbonyl (C=S) groups is 1. The minimum Gasteiger partial charge on any atom is -0.393 e. The molecule has 0 atom stereocenters. The molecule has 0 aliphatic carbocycles. The van der Waals surface area contributed by atoms with E-state index < -0.39 is 0 Å². The van der Waals surface area contributed by atoms with Crippen molar-refractivity contribution in [2.24, 2.45) is 5.73 Å². The Hall–Kier alpha value is -1.76. The Kier molecular flexibility index (Phi) is 4.96. The van der Waals surface area contributed by atoms with Gasteiger partial charge in [0.2, 0.25) is 0 Å². The van der Waals surface area contributed by atoms with E-state index in [2.05, 4.69) is 10.2 Å². The van der Waals surface area contributed by atoms with Gasteiger partial charge in [-0.25, -0.2) is 5.10 Å². The van der Waals surface area contributed by atoms with Gasteiger partial charge in [-0.15, -0.1) is 0 Å². The van der Waals surface area contributed by atoms with Gasteiger partial charge in [0.1, 0.15) is 5.69 Å². The number of nitrogens with zero attached hydrogens (tertiary/aromatic N) is 2. The van der Waals surface area contributed by atoms with Crippen LogP contribution >= 0.6 is 12.2 Å². The lowest BCUT2D eigenvalue weighted by atomic mass is 10.2. The van der Waals surface area contributed by atoms with Crippen molar-refractivity contribution in [3.63, 3.8) is 0 Å². The lowest BCUT2D eigenvalue weighted by Crippen LogP contribution is -2.39. The second-order valence-corrected chi connectivity index (χ2v) is 4.64. The molecule has 6 nitrogen and oxygen atoms in total. The summed E-state index contributed by atoms with van der Waals surface area (Å²) < 4.78 is 0. The van der Waals surface area contributed by atoms with Crippen molar-refractivity contribution in [3.8, 4) is 0 Å².